The van der Waals surface area contributed by atoms with Crippen LogP contribution >= 0.6 is 12.2 Å². The summed E-state index contributed by atoms with van der Waals surface area (Å²) in [6, 6.07) is 0. The van der Waals surface area contributed by atoms with Crippen LogP contribution in [0.3, 0.4) is 0 Å². The summed E-state index contributed by atoms with van der Waals surface area (Å²) in [6.45, 7) is 2.57. The number of nitrogens with two attached hydrogens (primary N) is 1. The predicted octanol–water partition coefficient (Wildman–Crippen LogP) is 0.478. The van der Waals surface area contributed by atoms with Crippen molar-refractivity contribution < 1.29 is 13.2 Å². The van der Waals surface area contributed by atoms with Gasteiger partial charge in [-0.25, -0.2) is 8.42 Å². The third-order valence-corrected chi connectivity index (χ3v) is 5.30. The maximum atomic E-state index is 12.3. The van der Waals surface area contributed by atoms with Gasteiger partial charge in [0.2, 0.25) is 5.91 Å². The number of hydrogen-bond acceptors (Lipinski definition) is 4. The molecule has 5 nitrogen and oxygen atoms in total. The monoisotopic (exact) mass is 292 g/mol. The van der Waals surface area contributed by atoms with E-state index in [4.69, 9.17) is 18.0 Å². The average Bonchev–Trinajstić information content (AvgIpc) is 2.26. The summed E-state index contributed by atoms with van der Waals surface area (Å²) in [7, 11) is -3.30. The fourth-order valence-corrected chi connectivity index (χ4v) is 4.19. The first kappa shape index (κ1) is 15.4. The minimum Gasteiger partial charge on any atom is -0.392 e. The van der Waals surface area contributed by atoms with Gasteiger partial charge in [-0.05, 0) is 19.3 Å². The molecule has 18 heavy (non-hydrogen) atoms. The van der Waals surface area contributed by atoms with Crippen LogP contribution in [0.1, 0.15) is 32.6 Å². The Morgan fingerprint density at radius 2 is 2.11 bits per heavy atom. The molecule has 1 rings (SSSR count). The standard InChI is InChI=1S/C11H20N2O3S2/c1-2-6-13(8-10(12)17)11(14)9-5-3-4-7-18(9,15)16/h9H,2-8H2,1H3,(H2,12,17). The first-order valence-electron chi connectivity index (χ1n) is 6.17. The highest BCUT2D eigenvalue weighted by Crippen LogP contribution is 2.21. The summed E-state index contributed by atoms with van der Waals surface area (Å²) >= 11 is 4.80. The highest BCUT2D eigenvalue weighted by Gasteiger charge is 2.37. The van der Waals surface area contributed by atoms with Crippen LogP contribution in [0.25, 0.3) is 0 Å². The molecular weight excluding hydrogens is 272 g/mol. The Bertz CT molecular complexity index is 420. The summed E-state index contributed by atoms with van der Waals surface area (Å²) in [6.07, 6.45) is 2.59. The van der Waals surface area contributed by atoms with Crippen LogP contribution in [0.5, 0.6) is 0 Å². The molecule has 1 atom stereocenters. The minimum atomic E-state index is -3.30. The normalized spacial score (nSPS) is 22.4. The minimum absolute atomic E-state index is 0.108. The van der Waals surface area contributed by atoms with E-state index in [0.29, 0.717) is 19.4 Å². The molecule has 0 saturated carbocycles. The number of amides is 1. The first-order valence-corrected chi connectivity index (χ1v) is 8.29. The van der Waals surface area contributed by atoms with Crippen molar-refractivity contribution in [3.8, 4) is 0 Å². The highest BCUT2D eigenvalue weighted by molar-refractivity contribution is 7.92. The molecular formula is C11H20N2O3S2. The van der Waals surface area contributed by atoms with Crippen LogP contribution in [0.4, 0.5) is 0 Å². The number of carbonyl (C=O) groups excluding carboxylic acids is 1. The van der Waals surface area contributed by atoms with E-state index in [0.717, 1.165) is 12.8 Å². The zero-order valence-electron chi connectivity index (χ0n) is 10.6. The molecule has 0 aromatic carbocycles. The van der Waals surface area contributed by atoms with Crippen molar-refractivity contribution in [2.75, 3.05) is 18.8 Å². The molecule has 7 heteroatoms. The van der Waals surface area contributed by atoms with Gasteiger partial charge in [0, 0.05) is 6.54 Å². The molecule has 1 fully saturated rings. The number of carbonyl (C=O) groups is 1. The molecule has 1 aliphatic rings. The highest BCUT2D eigenvalue weighted by atomic mass is 32.2. The third-order valence-electron chi connectivity index (χ3n) is 3.01. The molecule has 1 saturated heterocycles. The molecule has 0 spiro atoms. The number of thiocarbonyl (C=S) groups is 1. The van der Waals surface area contributed by atoms with Crippen molar-refractivity contribution in [1.82, 2.24) is 4.90 Å². The van der Waals surface area contributed by atoms with Crippen LogP contribution in [0.2, 0.25) is 0 Å². The smallest absolute Gasteiger partial charge is 0.241 e. The lowest BCUT2D eigenvalue weighted by molar-refractivity contribution is -0.130. The van der Waals surface area contributed by atoms with E-state index in [2.05, 4.69) is 0 Å². The number of hydrogen-bond donors (Lipinski definition) is 1. The largest absolute Gasteiger partial charge is 0.392 e. The average molecular weight is 292 g/mol. The third kappa shape index (κ3) is 3.91. The lowest BCUT2D eigenvalue weighted by Crippen LogP contribution is -2.48. The molecule has 1 heterocycles. The van der Waals surface area contributed by atoms with Crippen molar-refractivity contribution in [2.45, 2.75) is 37.9 Å². The molecule has 2 N–H and O–H groups in total. The molecule has 0 aromatic heterocycles. The number of sulfone groups is 1. The van der Waals surface area contributed by atoms with E-state index < -0.39 is 15.1 Å². The Morgan fingerprint density at radius 1 is 1.44 bits per heavy atom. The second-order valence-electron chi connectivity index (χ2n) is 4.58. The molecule has 0 aromatic rings. The topological polar surface area (TPSA) is 80.5 Å². The van der Waals surface area contributed by atoms with Gasteiger partial charge >= 0.3 is 0 Å². The Balaban J connectivity index is 2.84. The Kier molecular flexibility index (Phi) is 5.52. The number of rotatable bonds is 5. The molecule has 0 aliphatic carbocycles. The lowest BCUT2D eigenvalue weighted by Gasteiger charge is -2.28. The maximum absolute atomic E-state index is 12.3. The van der Waals surface area contributed by atoms with E-state index >= 15 is 0 Å². The molecule has 0 radical (unpaired) electrons. The zero-order chi connectivity index (χ0) is 13.8. The Hall–Kier alpha value is -0.690. The summed E-state index contributed by atoms with van der Waals surface area (Å²) in [5.74, 6) is -0.236. The maximum Gasteiger partial charge on any atom is 0.241 e. The van der Waals surface area contributed by atoms with Crippen molar-refractivity contribution in [3.63, 3.8) is 0 Å². The van der Waals surface area contributed by atoms with Crippen molar-refractivity contribution >= 4 is 33.0 Å². The second-order valence-corrected chi connectivity index (χ2v) is 7.40. The fourth-order valence-electron chi connectivity index (χ4n) is 2.16. The van der Waals surface area contributed by atoms with E-state index in [1.165, 1.54) is 4.90 Å². The van der Waals surface area contributed by atoms with Crippen molar-refractivity contribution in [1.29, 1.82) is 0 Å². The zero-order valence-corrected chi connectivity index (χ0v) is 12.2. The number of nitrogens with zero attached hydrogens (tertiary/aromatic N) is 1. The van der Waals surface area contributed by atoms with Crippen LogP contribution < -0.4 is 5.73 Å². The van der Waals surface area contributed by atoms with Gasteiger partial charge < -0.3 is 10.6 Å². The van der Waals surface area contributed by atoms with Gasteiger partial charge in [-0.15, -0.1) is 0 Å². The van der Waals surface area contributed by atoms with Gasteiger partial charge in [-0.3, -0.25) is 4.79 Å². The van der Waals surface area contributed by atoms with Gasteiger partial charge in [0.15, 0.2) is 9.84 Å². The first-order chi connectivity index (χ1) is 8.38. The molecule has 1 aliphatic heterocycles. The molecule has 1 unspecified atom stereocenters. The molecule has 0 bridgehead atoms. The SMILES string of the molecule is CCCN(CC(N)=S)C(=O)C1CCCCS1(=O)=O. The summed E-state index contributed by atoms with van der Waals surface area (Å²) in [5.41, 5.74) is 5.45. The van der Waals surface area contributed by atoms with Gasteiger partial charge in [-0.2, -0.15) is 0 Å². The molecule has 1 amide bonds. The lowest BCUT2D eigenvalue weighted by atomic mass is 10.1. The van der Waals surface area contributed by atoms with Gasteiger partial charge in [0.25, 0.3) is 0 Å². The van der Waals surface area contributed by atoms with E-state index in [1.807, 2.05) is 6.92 Å². The van der Waals surface area contributed by atoms with Gasteiger partial charge in [0.1, 0.15) is 5.25 Å². The molecule has 104 valence electrons. The quantitative estimate of drug-likeness (QED) is 0.745. The Labute approximate surface area is 114 Å². The summed E-state index contributed by atoms with van der Waals surface area (Å²) < 4.78 is 23.8. The second kappa shape index (κ2) is 6.47. The van der Waals surface area contributed by atoms with Crippen LogP contribution in [-0.2, 0) is 14.6 Å². The summed E-state index contributed by atoms with van der Waals surface area (Å²) in [5, 5.41) is -0.896. The fraction of sp³-hybridized carbons (Fsp3) is 0.818. The van der Waals surface area contributed by atoms with E-state index in [-0.39, 0.29) is 23.2 Å². The van der Waals surface area contributed by atoms with Gasteiger partial charge in [-0.1, -0.05) is 25.6 Å². The van der Waals surface area contributed by atoms with Gasteiger partial charge in [0.05, 0.1) is 17.3 Å². The van der Waals surface area contributed by atoms with Crippen molar-refractivity contribution in [2.24, 2.45) is 5.73 Å². The van der Waals surface area contributed by atoms with Crippen LogP contribution in [0, 0.1) is 0 Å². The van der Waals surface area contributed by atoms with E-state index in [9.17, 15) is 13.2 Å². The van der Waals surface area contributed by atoms with E-state index in [1.54, 1.807) is 0 Å². The van der Waals surface area contributed by atoms with Crippen molar-refractivity contribution in [3.05, 3.63) is 0 Å². The van der Waals surface area contributed by atoms with Crippen LogP contribution in [0.15, 0.2) is 0 Å². The Morgan fingerprint density at radius 3 is 2.61 bits per heavy atom. The predicted molar refractivity (Wildman–Crippen MR) is 75.1 cm³/mol. The summed E-state index contributed by atoms with van der Waals surface area (Å²) in [4.78, 5) is 14.0. The van der Waals surface area contributed by atoms with Crippen LogP contribution in [-0.4, -0.2) is 48.3 Å².